The van der Waals surface area contributed by atoms with Crippen LogP contribution >= 0.6 is 0 Å². The maximum Gasteiger partial charge on any atom is 0.339 e. The molecule has 0 aliphatic carbocycles. The SMILES string of the molecule is CCOC(=O)C1=C(NC(=O)c2c(F)c(F)c(F)c(F)c2F)OC(C(N)=O)C1C. The Labute approximate surface area is 154 Å². The number of carbonyl (C=O) groups is 3. The summed E-state index contributed by atoms with van der Waals surface area (Å²) in [6.45, 7) is 2.67. The standard InChI is InChI=1S/C16H13F5N2O5/c1-3-27-16(26)5-4(2)12(13(22)24)28-15(5)23-14(25)6-7(17)9(19)11(21)10(20)8(6)18/h4,12H,3H2,1-2H3,(H2,22,24)(H,23,25). The molecular weight excluding hydrogens is 395 g/mol. The summed E-state index contributed by atoms with van der Waals surface area (Å²) in [5, 5.41) is 1.73. The van der Waals surface area contributed by atoms with Gasteiger partial charge >= 0.3 is 5.97 Å². The van der Waals surface area contributed by atoms with Crippen molar-refractivity contribution in [1.29, 1.82) is 0 Å². The number of ether oxygens (including phenoxy) is 2. The van der Waals surface area contributed by atoms with Crippen LogP contribution in [0, 0.1) is 35.0 Å². The van der Waals surface area contributed by atoms with Crippen LogP contribution in [0.1, 0.15) is 24.2 Å². The molecule has 0 radical (unpaired) electrons. The summed E-state index contributed by atoms with van der Waals surface area (Å²) in [6, 6.07) is 0. The highest BCUT2D eigenvalue weighted by Crippen LogP contribution is 2.31. The third-order valence-electron chi connectivity index (χ3n) is 3.84. The summed E-state index contributed by atoms with van der Waals surface area (Å²) in [6.07, 6.45) is -1.44. The summed E-state index contributed by atoms with van der Waals surface area (Å²) in [5.74, 6) is -17.5. The van der Waals surface area contributed by atoms with E-state index in [2.05, 4.69) is 0 Å². The van der Waals surface area contributed by atoms with Gasteiger partial charge in [0.25, 0.3) is 11.8 Å². The Morgan fingerprint density at radius 1 is 1.04 bits per heavy atom. The van der Waals surface area contributed by atoms with Gasteiger partial charge in [-0.1, -0.05) is 6.92 Å². The fourth-order valence-electron chi connectivity index (χ4n) is 2.51. The Bertz CT molecular complexity index is 873. The minimum Gasteiger partial charge on any atom is -0.464 e. The van der Waals surface area contributed by atoms with Crippen molar-refractivity contribution in [2.24, 2.45) is 11.7 Å². The van der Waals surface area contributed by atoms with Gasteiger partial charge in [0.2, 0.25) is 11.7 Å². The first-order valence-electron chi connectivity index (χ1n) is 7.72. The summed E-state index contributed by atoms with van der Waals surface area (Å²) in [7, 11) is 0. The molecule has 1 heterocycles. The maximum atomic E-state index is 13.8. The molecular formula is C16H13F5N2O5. The number of hydrogen-bond donors (Lipinski definition) is 2. The third-order valence-corrected chi connectivity index (χ3v) is 3.84. The highest BCUT2D eigenvalue weighted by atomic mass is 19.2. The van der Waals surface area contributed by atoms with E-state index in [0.29, 0.717) is 0 Å². The van der Waals surface area contributed by atoms with E-state index in [1.807, 2.05) is 0 Å². The van der Waals surface area contributed by atoms with Crippen molar-refractivity contribution in [2.45, 2.75) is 20.0 Å². The molecule has 2 rings (SSSR count). The number of primary amides is 1. The highest BCUT2D eigenvalue weighted by molar-refractivity contribution is 5.98. The summed E-state index contributed by atoms with van der Waals surface area (Å²) in [4.78, 5) is 35.6. The van der Waals surface area contributed by atoms with Crippen molar-refractivity contribution in [2.75, 3.05) is 6.61 Å². The Morgan fingerprint density at radius 2 is 1.54 bits per heavy atom. The molecule has 28 heavy (non-hydrogen) atoms. The van der Waals surface area contributed by atoms with E-state index in [1.54, 1.807) is 5.32 Å². The van der Waals surface area contributed by atoms with Crippen molar-refractivity contribution in [3.8, 4) is 0 Å². The molecule has 0 aromatic heterocycles. The quantitative estimate of drug-likeness (QED) is 0.332. The average molecular weight is 408 g/mol. The zero-order valence-electron chi connectivity index (χ0n) is 14.4. The van der Waals surface area contributed by atoms with Gasteiger partial charge in [-0.25, -0.2) is 26.7 Å². The number of esters is 1. The lowest BCUT2D eigenvalue weighted by atomic mass is 9.97. The maximum absolute atomic E-state index is 13.8. The van der Waals surface area contributed by atoms with Crippen molar-refractivity contribution in [3.63, 3.8) is 0 Å². The molecule has 1 aliphatic heterocycles. The van der Waals surface area contributed by atoms with Crippen LogP contribution in [-0.4, -0.2) is 30.5 Å². The van der Waals surface area contributed by atoms with Crippen LogP contribution < -0.4 is 11.1 Å². The molecule has 2 unspecified atom stereocenters. The molecule has 0 spiro atoms. The lowest BCUT2D eigenvalue weighted by molar-refractivity contribution is -0.139. The van der Waals surface area contributed by atoms with E-state index in [1.165, 1.54) is 13.8 Å². The molecule has 2 amide bonds. The lowest BCUT2D eigenvalue weighted by Crippen LogP contribution is -2.34. The zero-order chi connectivity index (χ0) is 21.3. The minimum atomic E-state index is -2.45. The van der Waals surface area contributed by atoms with E-state index in [-0.39, 0.29) is 6.61 Å². The number of rotatable bonds is 5. The van der Waals surface area contributed by atoms with Crippen LogP contribution in [0.25, 0.3) is 0 Å². The van der Waals surface area contributed by atoms with Gasteiger partial charge in [0.1, 0.15) is 11.1 Å². The molecule has 2 atom stereocenters. The number of nitrogens with one attached hydrogen (secondary N) is 1. The predicted octanol–water partition coefficient (Wildman–Crippen LogP) is 1.41. The topological polar surface area (TPSA) is 108 Å². The molecule has 3 N–H and O–H groups in total. The number of halogens is 5. The van der Waals surface area contributed by atoms with Gasteiger partial charge in [-0.15, -0.1) is 0 Å². The molecule has 152 valence electrons. The minimum absolute atomic E-state index is 0.102. The summed E-state index contributed by atoms with van der Waals surface area (Å²) in [5.41, 5.74) is 2.92. The molecule has 1 aromatic rings. The van der Waals surface area contributed by atoms with E-state index in [4.69, 9.17) is 15.2 Å². The monoisotopic (exact) mass is 408 g/mol. The van der Waals surface area contributed by atoms with Gasteiger partial charge < -0.3 is 15.2 Å². The summed E-state index contributed by atoms with van der Waals surface area (Å²) < 4.78 is 77.0. The zero-order valence-corrected chi connectivity index (χ0v) is 14.4. The van der Waals surface area contributed by atoms with Crippen LogP contribution in [0.5, 0.6) is 0 Å². The lowest BCUT2D eigenvalue weighted by Gasteiger charge is -2.13. The Balaban J connectivity index is 2.48. The Hall–Kier alpha value is -3.18. The smallest absolute Gasteiger partial charge is 0.339 e. The first-order chi connectivity index (χ1) is 13.0. The molecule has 1 aromatic carbocycles. The van der Waals surface area contributed by atoms with Gasteiger partial charge in [0.05, 0.1) is 6.61 Å². The highest BCUT2D eigenvalue weighted by Gasteiger charge is 2.43. The second kappa shape index (κ2) is 7.82. The van der Waals surface area contributed by atoms with Crippen LogP contribution in [-0.2, 0) is 19.1 Å². The van der Waals surface area contributed by atoms with Crippen molar-refractivity contribution in [1.82, 2.24) is 5.32 Å². The van der Waals surface area contributed by atoms with Crippen molar-refractivity contribution < 1.29 is 45.8 Å². The predicted molar refractivity (Wildman–Crippen MR) is 80.6 cm³/mol. The average Bonchev–Trinajstić information content (AvgIpc) is 2.95. The molecule has 12 heteroatoms. The van der Waals surface area contributed by atoms with Gasteiger partial charge in [0, 0.05) is 5.92 Å². The summed E-state index contributed by atoms with van der Waals surface area (Å²) >= 11 is 0. The molecule has 0 saturated carbocycles. The largest absolute Gasteiger partial charge is 0.464 e. The van der Waals surface area contributed by atoms with E-state index in [0.717, 1.165) is 0 Å². The van der Waals surface area contributed by atoms with E-state index < -0.39 is 75.9 Å². The third kappa shape index (κ3) is 3.49. The van der Waals surface area contributed by atoms with E-state index >= 15 is 0 Å². The molecule has 0 fully saturated rings. The van der Waals surface area contributed by atoms with Crippen LogP contribution in [0.2, 0.25) is 0 Å². The first kappa shape index (κ1) is 21.1. The van der Waals surface area contributed by atoms with E-state index in [9.17, 15) is 36.3 Å². The van der Waals surface area contributed by atoms with Crippen LogP contribution in [0.15, 0.2) is 11.5 Å². The molecule has 7 nitrogen and oxygen atoms in total. The van der Waals surface area contributed by atoms with Crippen LogP contribution in [0.3, 0.4) is 0 Å². The molecule has 1 aliphatic rings. The number of hydrogen-bond acceptors (Lipinski definition) is 5. The second-order valence-corrected chi connectivity index (χ2v) is 5.59. The van der Waals surface area contributed by atoms with Gasteiger partial charge in [0.15, 0.2) is 29.4 Å². The number of nitrogens with two attached hydrogens (primary N) is 1. The van der Waals surface area contributed by atoms with Crippen molar-refractivity contribution in [3.05, 3.63) is 46.1 Å². The van der Waals surface area contributed by atoms with Gasteiger partial charge in [-0.2, -0.15) is 0 Å². The Morgan fingerprint density at radius 3 is 2.00 bits per heavy atom. The van der Waals surface area contributed by atoms with Crippen LogP contribution in [0.4, 0.5) is 22.0 Å². The van der Waals surface area contributed by atoms with Gasteiger partial charge in [-0.05, 0) is 6.92 Å². The number of benzene rings is 1. The molecule has 0 bridgehead atoms. The fraction of sp³-hybridized carbons (Fsp3) is 0.312. The number of carbonyl (C=O) groups excluding carboxylic acids is 3. The normalized spacial score (nSPS) is 18.7. The fourth-order valence-corrected chi connectivity index (χ4v) is 2.51. The molecule has 0 saturated heterocycles. The Kier molecular flexibility index (Phi) is 5.90. The second-order valence-electron chi connectivity index (χ2n) is 5.59. The van der Waals surface area contributed by atoms with Gasteiger partial charge in [-0.3, -0.25) is 14.9 Å². The van der Waals surface area contributed by atoms with Crippen molar-refractivity contribution >= 4 is 17.8 Å². The number of amides is 2. The first-order valence-corrected chi connectivity index (χ1v) is 7.72.